The molecule has 1 saturated carbocycles. The van der Waals surface area contributed by atoms with E-state index in [1.807, 2.05) is 16.7 Å². The van der Waals surface area contributed by atoms with Gasteiger partial charge in [0.15, 0.2) is 16.9 Å². The van der Waals surface area contributed by atoms with Crippen LogP contribution in [-0.2, 0) is 15.9 Å². The second-order valence-corrected chi connectivity index (χ2v) is 9.52. The van der Waals surface area contributed by atoms with Crippen molar-refractivity contribution in [3.05, 3.63) is 45.7 Å². The maximum atomic E-state index is 12.6. The maximum Gasteiger partial charge on any atom is 0.341 e. The number of methoxy groups -OCH3 is 3. The molecule has 8 heteroatoms. The van der Waals surface area contributed by atoms with Gasteiger partial charge >= 0.3 is 5.97 Å². The first-order valence-corrected chi connectivity index (χ1v) is 11.1. The lowest BCUT2D eigenvalue weighted by atomic mass is 9.77. The fourth-order valence-electron chi connectivity index (χ4n) is 4.86. The van der Waals surface area contributed by atoms with Crippen LogP contribution < -0.4 is 14.9 Å². The highest BCUT2D eigenvalue weighted by Crippen LogP contribution is 2.46. The molecule has 1 aliphatic heterocycles. The number of fused-ring (bicyclic) bond motifs is 3. The van der Waals surface area contributed by atoms with Gasteiger partial charge in [-0.05, 0) is 24.1 Å². The predicted octanol–water partition coefficient (Wildman–Crippen LogP) is 3.55. The first-order valence-electron chi connectivity index (χ1n) is 11.1. The number of aromatic carboxylic acids is 1. The number of nitrogens with zero attached hydrogens (tertiary/aromatic N) is 1. The second kappa shape index (κ2) is 8.83. The van der Waals surface area contributed by atoms with E-state index >= 15 is 0 Å². The van der Waals surface area contributed by atoms with Crippen LogP contribution in [0.1, 0.15) is 48.7 Å². The molecule has 2 aliphatic rings. The number of aromatic nitrogens is 1. The van der Waals surface area contributed by atoms with Crippen LogP contribution in [0.3, 0.4) is 0 Å². The van der Waals surface area contributed by atoms with Gasteiger partial charge in [0.1, 0.15) is 11.7 Å². The normalized spacial score (nSPS) is 21.5. The molecule has 1 atom stereocenters. The zero-order valence-electron chi connectivity index (χ0n) is 19.7. The van der Waals surface area contributed by atoms with Crippen molar-refractivity contribution < 1.29 is 28.8 Å². The van der Waals surface area contributed by atoms with Crippen LogP contribution in [0.2, 0.25) is 0 Å². The number of pyridine rings is 1. The molecule has 0 amide bonds. The van der Waals surface area contributed by atoms with Crippen molar-refractivity contribution in [1.29, 1.82) is 0 Å². The monoisotopic (exact) mass is 457 g/mol. The SMILES string of the molecule is COCC(C)(C)C1Cc2cc(OC3CC(OC)C3)c(OC)cc2-c2cc(=O)c(C(=O)O)cn21. The van der Waals surface area contributed by atoms with Gasteiger partial charge in [0.25, 0.3) is 0 Å². The Bertz CT molecular complexity index is 1110. The lowest BCUT2D eigenvalue weighted by molar-refractivity contribution is -0.0388. The number of hydrogen-bond donors (Lipinski definition) is 1. The molecule has 178 valence electrons. The molecule has 4 rings (SSSR count). The average Bonchev–Trinajstić information content (AvgIpc) is 2.74. The number of carboxylic acids is 1. The van der Waals surface area contributed by atoms with E-state index in [9.17, 15) is 14.7 Å². The highest BCUT2D eigenvalue weighted by Gasteiger charge is 2.38. The summed E-state index contributed by atoms with van der Waals surface area (Å²) in [5.74, 6) is 0.00293. The van der Waals surface area contributed by atoms with Crippen molar-refractivity contribution in [3.8, 4) is 22.8 Å². The summed E-state index contributed by atoms with van der Waals surface area (Å²) in [5.41, 5.74) is 1.42. The van der Waals surface area contributed by atoms with E-state index in [0.717, 1.165) is 24.0 Å². The Kier molecular flexibility index (Phi) is 6.24. The summed E-state index contributed by atoms with van der Waals surface area (Å²) in [7, 11) is 4.94. The Morgan fingerprint density at radius 2 is 1.85 bits per heavy atom. The smallest absolute Gasteiger partial charge is 0.341 e. The van der Waals surface area contributed by atoms with Crippen molar-refractivity contribution in [3.63, 3.8) is 0 Å². The van der Waals surface area contributed by atoms with Gasteiger partial charge in [-0.25, -0.2) is 4.79 Å². The molecule has 0 saturated heterocycles. The van der Waals surface area contributed by atoms with Crippen LogP contribution >= 0.6 is 0 Å². The number of rotatable bonds is 8. The van der Waals surface area contributed by atoms with E-state index in [2.05, 4.69) is 13.8 Å². The van der Waals surface area contributed by atoms with E-state index in [0.29, 0.717) is 30.2 Å². The first kappa shape index (κ1) is 23.3. The highest BCUT2D eigenvalue weighted by atomic mass is 16.5. The van der Waals surface area contributed by atoms with E-state index < -0.39 is 11.4 Å². The molecule has 8 nitrogen and oxygen atoms in total. The molecule has 1 fully saturated rings. The Balaban J connectivity index is 1.82. The largest absolute Gasteiger partial charge is 0.493 e. The lowest BCUT2D eigenvalue weighted by Crippen LogP contribution is -2.39. The molecule has 1 aliphatic carbocycles. The van der Waals surface area contributed by atoms with Gasteiger partial charge in [-0.15, -0.1) is 0 Å². The van der Waals surface area contributed by atoms with Crippen molar-refractivity contribution >= 4 is 5.97 Å². The molecule has 2 heterocycles. The Labute approximate surface area is 193 Å². The Morgan fingerprint density at radius 3 is 2.45 bits per heavy atom. The van der Waals surface area contributed by atoms with Gasteiger partial charge in [-0.3, -0.25) is 4.79 Å². The molecule has 1 aromatic carbocycles. The van der Waals surface area contributed by atoms with E-state index in [4.69, 9.17) is 18.9 Å². The summed E-state index contributed by atoms with van der Waals surface area (Å²) in [6, 6.07) is 5.15. The third kappa shape index (κ3) is 4.25. The van der Waals surface area contributed by atoms with Crippen molar-refractivity contribution in [2.45, 2.75) is 51.4 Å². The van der Waals surface area contributed by atoms with Crippen LogP contribution in [0.5, 0.6) is 11.5 Å². The van der Waals surface area contributed by atoms with Gasteiger partial charge in [-0.2, -0.15) is 0 Å². The van der Waals surface area contributed by atoms with Crippen LogP contribution in [0.15, 0.2) is 29.2 Å². The molecule has 1 aromatic heterocycles. The van der Waals surface area contributed by atoms with Crippen molar-refractivity contribution in [1.82, 2.24) is 4.57 Å². The van der Waals surface area contributed by atoms with Crippen molar-refractivity contribution in [2.75, 3.05) is 27.9 Å². The van der Waals surface area contributed by atoms with E-state index in [1.165, 1.54) is 12.3 Å². The summed E-state index contributed by atoms with van der Waals surface area (Å²) < 4.78 is 24.6. The number of carbonyl (C=O) groups is 1. The topological polar surface area (TPSA) is 96.2 Å². The minimum absolute atomic E-state index is 0.0688. The quantitative estimate of drug-likeness (QED) is 0.648. The summed E-state index contributed by atoms with van der Waals surface area (Å²) in [6.07, 6.45) is 4.04. The van der Waals surface area contributed by atoms with E-state index in [-0.39, 0.29) is 29.2 Å². The summed E-state index contributed by atoms with van der Waals surface area (Å²) >= 11 is 0. The van der Waals surface area contributed by atoms with Crippen LogP contribution in [-0.4, -0.2) is 55.8 Å². The fraction of sp³-hybridized carbons (Fsp3) is 0.520. The average molecular weight is 458 g/mol. The second-order valence-electron chi connectivity index (χ2n) is 9.52. The maximum absolute atomic E-state index is 12.6. The third-order valence-corrected chi connectivity index (χ3v) is 6.82. The van der Waals surface area contributed by atoms with Crippen molar-refractivity contribution in [2.24, 2.45) is 5.41 Å². The predicted molar refractivity (Wildman–Crippen MR) is 122 cm³/mol. The van der Waals surface area contributed by atoms with Gasteiger partial charge in [0.05, 0.1) is 25.5 Å². The molecule has 0 bridgehead atoms. The number of hydrogen-bond acceptors (Lipinski definition) is 6. The molecule has 1 unspecified atom stereocenters. The highest BCUT2D eigenvalue weighted by molar-refractivity contribution is 5.88. The fourth-order valence-corrected chi connectivity index (χ4v) is 4.86. The van der Waals surface area contributed by atoms with Crippen LogP contribution in [0.25, 0.3) is 11.3 Å². The Morgan fingerprint density at radius 1 is 1.12 bits per heavy atom. The van der Waals surface area contributed by atoms with Gasteiger partial charge in [0.2, 0.25) is 0 Å². The number of benzene rings is 1. The molecular weight excluding hydrogens is 426 g/mol. The number of ether oxygens (including phenoxy) is 4. The molecule has 1 N–H and O–H groups in total. The minimum atomic E-state index is -1.24. The molecule has 0 spiro atoms. The molecule has 0 radical (unpaired) electrons. The molecule has 2 aromatic rings. The van der Waals surface area contributed by atoms with Gasteiger partial charge in [0, 0.05) is 56.3 Å². The summed E-state index contributed by atoms with van der Waals surface area (Å²) in [6.45, 7) is 4.63. The third-order valence-electron chi connectivity index (χ3n) is 6.82. The van der Waals surface area contributed by atoms with Crippen LogP contribution in [0, 0.1) is 5.41 Å². The summed E-state index contributed by atoms with van der Waals surface area (Å²) in [4.78, 5) is 24.3. The first-order chi connectivity index (χ1) is 15.7. The van der Waals surface area contributed by atoms with Gasteiger partial charge in [-0.1, -0.05) is 13.8 Å². The zero-order chi connectivity index (χ0) is 23.9. The molecular formula is C25H31NO7. The Hall–Kier alpha value is -2.84. The zero-order valence-corrected chi connectivity index (χ0v) is 19.7. The van der Waals surface area contributed by atoms with Gasteiger partial charge < -0.3 is 28.6 Å². The van der Waals surface area contributed by atoms with Crippen LogP contribution in [0.4, 0.5) is 0 Å². The minimum Gasteiger partial charge on any atom is -0.493 e. The van der Waals surface area contributed by atoms with E-state index in [1.54, 1.807) is 21.3 Å². The lowest BCUT2D eigenvalue weighted by Gasteiger charge is -2.41. The standard InChI is InChI=1S/C25H31NO7/c1-25(2,13-30-3)23-7-14-6-22(33-16-8-15(9-16)31-4)21(32-5)10-17(14)19-11-20(27)18(24(28)29)12-26(19)23/h6,10-12,15-16,23H,7-9,13H2,1-5H3,(H,28,29). The number of carboxylic acid groups (broad SMARTS) is 1. The summed E-state index contributed by atoms with van der Waals surface area (Å²) in [5, 5.41) is 9.54. The molecule has 33 heavy (non-hydrogen) atoms.